The standard InChI is InChI=1S/C15H23NO/c1-11(2)9-16-10-15(17)14-6-4-3-5-13(14)12-7-8-12/h3-6,11-12,15-17H,7-10H2,1-2H3. The van der Waals surface area contributed by atoms with Crippen LogP contribution < -0.4 is 5.32 Å². The van der Waals surface area contributed by atoms with Crippen LogP contribution in [0.25, 0.3) is 0 Å². The van der Waals surface area contributed by atoms with Gasteiger partial charge in [0, 0.05) is 6.54 Å². The van der Waals surface area contributed by atoms with E-state index in [0.717, 1.165) is 12.1 Å². The van der Waals surface area contributed by atoms with E-state index in [1.54, 1.807) is 0 Å². The molecule has 0 radical (unpaired) electrons. The fourth-order valence-electron chi connectivity index (χ4n) is 2.20. The molecule has 1 aliphatic rings. The fraction of sp³-hybridized carbons (Fsp3) is 0.600. The van der Waals surface area contributed by atoms with Gasteiger partial charge >= 0.3 is 0 Å². The average Bonchev–Trinajstić information content (AvgIpc) is 3.12. The first kappa shape index (κ1) is 12.6. The maximum Gasteiger partial charge on any atom is 0.0917 e. The highest BCUT2D eigenvalue weighted by atomic mass is 16.3. The highest BCUT2D eigenvalue weighted by Gasteiger charge is 2.27. The van der Waals surface area contributed by atoms with Crippen molar-refractivity contribution in [2.24, 2.45) is 5.92 Å². The summed E-state index contributed by atoms with van der Waals surface area (Å²) in [5.74, 6) is 1.33. The Hall–Kier alpha value is -0.860. The predicted octanol–water partition coefficient (Wildman–Crippen LogP) is 2.84. The summed E-state index contributed by atoms with van der Waals surface area (Å²) < 4.78 is 0. The first-order chi connectivity index (χ1) is 8.18. The lowest BCUT2D eigenvalue weighted by Gasteiger charge is -2.16. The Morgan fingerprint density at radius 1 is 1.24 bits per heavy atom. The van der Waals surface area contributed by atoms with Crippen molar-refractivity contribution < 1.29 is 5.11 Å². The smallest absolute Gasteiger partial charge is 0.0917 e. The van der Waals surface area contributed by atoms with Crippen LogP contribution in [-0.2, 0) is 0 Å². The van der Waals surface area contributed by atoms with Crippen molar-refractivity contribution >= 4 is 0 Å². The molecule has 1 saturated carbocycles. The Bertz CT molecular complexity index is 358. The minimum atomic E-state index is -0.370. The molecule has 0 heterocycles. The Kier molecular flexibility index (Phi) is 4.19. The molecule has 0 spiro atoms. The van der Waals surface area contributed by atoms with E-state index < -0.39 is 0 Å². The van der Waals surface area contributed by atoms with E-state index >= 15 is 0 Å². The molecular weight excluding hydrogens is 210 g/mol. The second-order valence-electron chi connectivity index (χ2n) is 5.47. The molecule has 0 aliphatic heterocycles. The second-order valence-corrected chi connectivity index (χ2v) is 5.47. The molecule has 1 unspecified atom stereocenters. The van der Waals surface area contributed by atoms with E-state index in [-0.39, 0.29) is 6.10 Å². The largest absolute Gasteiger partial charge is 0.387 e. The lowest BCUT2D eigenvalue weighted by atomic mass is 9.99. The zero-order valence-corrected chi connectivity index (χ0v) is 10.8. The van der Waals surface area contributed by atoms with E-state index in [9.17, 15) is 5.11 Å². The highest BCUT2D eigenvalue weighted by Crippen LogP contribution is 2.42. The molecule has 1 aromatic carbocycles. The van der Waals surface area contributed by atoms with E-state index in [0.29, 0.717) is 18.4 Å². The van der Waals surface area contributed by atoms with Gasteiger partial charge in [0.05, 0.1) is 6.10 Å². The lowest BCUT2D eigenvalue weighted by Crippen LogP contribution is -2.25. The number of aliphatic hydroxyl groups is 1. The van der Waals surface area contributed by atoms with Crippen LogP contribution >= 0.6 is 0 Å². The molecule has 2 nitrogen and oxygen atoms in total. The highest BCUT2D eigenvalue weighted by molar-refractivity contribution is 5.34. The second kappa shape index (κ2) is 5.65. The number of benzene rings is 1. The first-order valence-corrected chi connectivity index (χ1v) is 6.66. The molecule has 0 aromatic heterocycles. The average molecular weight is 233 g/mol. The number of aliphatic hydroxyl groups excluding tert-OH is 1. The van der Waals surface area contributed by atoms with Crippen molar-refractivity contribution in [2.45, 2.75) is 38.7 Å². The fourth-order valence-corrected chi connectivity index (χ4v) is 2.20. The van der Waals surface area contributed by atoms with Gasteiger partial charge < -0.3 is 10.4 Å². The summed E-state index contributed by atoms with van der Waals surface area (Å²) >= 11 is 0. The molecule has 0 bridgehead atoms. The van der Waals surface area contributed by atoms with Gasteiger partial charge in [-0.1, -0.05) is 38.1 Å². The van der Waals surface area contributed by atoms with Gasteiger partial charge in [-0.15, -0.1) is 0 Å². The van der Waals surface area contributed by atoms with Crippen molar-refractivity contribution in [3.05, 3.63) is 35.4 Å². The van der Waals surface area contributed by atoms with E-state index in [1.165, 1.54) is 18.4 Å². The summed E-state index contributed by atoms with van der Waals surface area (Å²) in [4.78, 5) is 0. The Balaban J connectivity index is 1.95. The summed E-state index contributed by atoms with van der Waals surface area (Å²) in [6.45, 7) is 5.97. The van der Waals surface area contributed by atoms with E-state index in [1.807, 2.05) is 6.07 Å². The molecule has 17 heavy (non-hydrogen) atoms. The van der Waals surface area contributed by atoms with Gasteiger partial charge in [0.25, 0.3) is 0 Å². The molecule has 1 atom stereocenters. The quantitative estimate of drug-likeness (QED) is 0.792. The van der Waals surface area contributed by atoms with Gasteiger partial charge in [-0.3, -0.25) is 0 Å². The molecule has 1 aromatic rings. The van der Waals surface area contributed by atoms with Crippen LogP contribution in [0.2, 0.25) is 0 Å². The third-order valence-electron chi connectivity index (χ3n) is 3.26. The summed E-state index contributed by atoms with van der Waals surface area (Å²) in [5, 5.41) is 13.5. The van der Waals surface area contributed by atoms with Crippen LogP contribution in [0.15, 0.2) is 24.3 Å². The zero-order valence-electron chi connectivity index (χ0n) is 10.8. The maximum absolute atomic E-state index is 10.2. The number of hydrogen-bond acceptors (Lipinski definition) is 2. The monoisotopic (exact) mass is 233 g/mol. The third-order valence-corrected chi connectivity index (χ3v) is 3.26. The molecule has 0 amide bonds. The minimum Gasteiger partial charge on any atom is -0.387 e. The normalized spacial score (nSPS) is 17.4. The Morgan fingerprint density at radius 3 is 2.59 bits per heavy atom. The van der Waals surface area contributed by atoms with Gasteiger partial charge in [-0.2, -0.15) is 0 Å². The van der Waals surface area contributed by atoms with E-state index in [4.69, 9.17) is 0 Å². The van der Waals surface area contributed by atoms with Gasteiger partial charge in [0.1, 0.15) is 0 Å². The van der Waals surface area contributed by atoms with Crippen molar-refractivity contribution in [2.75, 3.05) is 13.1 Å². The van der Waals surface area contributed by atoms with Gasteiger partial charge in [0.15, 0.2) is 0 Å². The molecular formula is C15H23NO. The van der Waals surface area contributed by atoms with Crippen LogP contribution in [-0.4, -0.2) is 18.2 Å². The molecule has 0 saturated heterocycles. The SMILES string of the molecule is CC(C)CNCC(O)c1ccccc1C1CC1. The molecule has 94 valence electrons. The lowest BCUT2D eigenvalue weighted by molar-refractivity contribution is 0.172. The summed E-state index contributed by atoms with van der Waals surface area (Å²) in [7, 11) is 0. The summed E-state index contributed by atoms with van der Waals surface area (Å²) in [6.07, 6.45) is 2.19. The topological polar surface area (TPSA) is 32.3 Å². The molecule has 2 rings (SSSR count). The van der Waals surface area contributed by atoms with Crippen molar-refractivity contribution in [1.29, 1.82) is 0 Å². The number of rotatable bonds is 6. The Morgan fingerprint density at radius 2 is 1.94 bits per heavy atom. The molecule has 2 N–H and O–H groups in total. The van der Waals surface area contributed by atoms with Crippen LogP contribution in [0.1, 0.15) is 49.8 Å². The van der Waals surface area contributed by atoms with Gasteiger partial charge in [-0.25, -0.2) is 0 Å². The van der Waals surface area contributed by atoms with Crippen LogP contribution in [0.4, 0.5) is 0 Å². The predicted molar refractivity (Wildman–Crippen MR) is 71.1 cm³/mol. The molecule has 1 aliphatic carbocycles. The van der Waals surface area contributed by atoms with E-state index in [2.05, 4.69) is 37.4 Å². The summed E-state index contributed by atoms with van der Waals surface area (Å²) in [6, 6.07) is 8.33. The minimum absolute atomic E-state index is 0.370. The molecule has 2 heteroatoms. The maximum atomic E-state index is 10.2. The number of nitrogens with one attached hydrogen (secondary N) is 1. The van der Waals surface area contributed by atoms with Gasteiger partial charge in [-0.05, 0) is 42.3 Å². The number of hydrogen-bond donors (Lipinski definition) is 2. The van der Waals surface area contributed by atoms with Crippen molar-refractivity contribution in [1.82, 2.24) is 5.32 Å². The van der Waals surface area contributed by atoms with Gasteiger partial charge in [0.2, 0.25) is 0 Å². The zero-order chi connectivity index (χ0) is 12.3. The Labute approximate surface area is 104 Å². The molecule has 1 fully saturated rings. The third kappa shape index (κ3) is 3.55. The first-order valence-electron chi connectivity index (χ1n) is 6.66. The van der Waals surface area contributed by atoms with Crippen molar-refractivity contribution in [3.8, 4) is 0 Å². The van der Waals surface area contributed by atoms with Crippen LogP contribution in [0.3, 0.4) is 0 Å². The van der Waals surface area contributed by atoms with Crippen molar-refractivity contribution in [3.63, 3.8) is 0 Å². The van der Waals surface area contributed by atoms with Crippen LogP contribution in [0, 0.1) is 5.92 Å². The van der Waals surface area contributed by atoms with Crippen LogP contribution in [0.5, 0.6) is 0 Å². The summed E-state index contributed by atoms with van der Waals surface area (Å²) in [5.41, 5.74) is 2.47.